The second-order valence-corrected chi connectivity index (χ2v) is 4.87. The molecule has 18 heavy (non-hydrogen) atoms. The topological polar surface area (TPSA) is 31.4 Å². The molecule has 0 fully saturated rings. The van der Waals surface area contributed by atoms with Gasteiger partial charge in [-0.05, 0) is 46.3 Å². The number of pyridine rings is 1. The summed E-state index contributed by atoms with van der Waals surface area (Å²) >= 11 is 3.38. The van der Waals surface area contributed by atoms with Crippen molar-refractivity contribution in [3.8, 4) is 22.8 Å². The summed E-state index contributed by atoms with van der Waals surface area (Å²) in [4.78, 5) is 4.44. The molecule has 4 heteroatoms. The van der Waals surface area contributed by atoms with E-state index in [-0.39, 0.29) is 0 Å². The van der Waals surface area contributed by atoms with Gasteiger partial charge in [-0.1, -0.05) is 6.07 Å². The van der Waals surface area contributed by atoms with Gasteiger partial charge in [0.25, 0.3) is 0 Å². The van der Waals surface area contributed by atoms with Crippen molar-refractivity contribution in [1.82, 2.24) is 4.98 Å². The molecule has 0 radical (unpaired) electrons. The molecule has 1 aliphatic heterocycles. The van der Waals surface area contributed by atoms with E-state index in [1.165, 1.54) is 0 Å². The molecule has 0 saturated heterocycles. The first-order valence-corrected chi connectivity index (χ1v) is 6.65. The molecule has 0 N–H and O–H groups in total. The van der Waals surface area contributed by atoms with Crippen LogP contribution >= 0.6 is 15.9 Å². The molecular formula is C14H12BrNO2. The van der Waals surface area contributed by atoms with Crippen LogP contribution in [0, 0.1) is 0 Å². The fourth-order valence-electron chi connectivity index (χ4n) is 1.89. The summed E-state index contributed by atoms with van der Waals surface area (Å²) in [5.41, 5.74) is 1.94. The third-order valence-electron chi connectivity index (χ3n) is 2.76. The van der Waals surface area contributed by atoms with E-state index in [1.54, 1.807) is 0 Å². The smallest absolute Gasteiger partial charge is 0.161 e. The maximum absolute atomic E-state index is 5.68. The average molecular weight is 306 g/mol. The molecular weight excluding hydrogens is 294 g/mol. The third-order valence-corrected chi connectivity index (χ3v) is 3.20. The van der Waals surface area contributed by atoms with Crippen LogP contribution in [0.4, 0.5) is 0 Å². The number of hydrogen-bond acceptors (Lipinski definition) is 3. The lowest BCUT2D eigenvalue weighted by atomic mass is 10.1. The fraction of sp³-hybridized carbons (Fsp3) is 0.214. The Morgan fingerprint density at radius 3 is 2.67 bits per heavy atom. The maximum atomic E-state index is 5.68. The minimum absolute atomic E-state index is 0.697. The van der Waals surface area contributed by atoms with Gasteiger partial charge in [0.2, 0.25) is 0 Å². The van der Waals surface area contributed by atoms with Crippen molar-refractivity contribution in [2.24, 2.45) is 0 Å². The monoisotopic (exact) mass is 305 g/mol. The normalized spacial score (nSPS) is 14.1. The molecule has 0 bridgehead atoms. The number of rotatable bonds is 1. The van der Waals surface area contributed by atoms with E-state index in [0.29, 0.717) is 13.2 Å². The zero-order chi connectivity index (χ0) is 12.4. The lowest BCUT2D eigenvalue weighted by molar-refractivity contribution is 0.297. The molecule has 0 unspecified atom stereocenters. The van der Waals surface area contributed by atoms with Crippen LogP contribution in [0.3, 0.4) is 0 Å². The molecule has 1 aliphatic rings. The van der Waals surface area contributed by atoms with E-state index < -0.39 is 0 Å². The van der Waals surface area contributed by atoms with Crippen molar-refractivity contribution in [3.63, 3.8) is 0 Å². The maximum Gasteiger partial charge on any atom is 0.161 e. The second-order valence-electron chi connectivity index (χ2n) is 4.06. The summed E-state index contributed by atoms with van der Waals surface area (Å²) in [7, 11) is 0. The molecule has 3 nitrogen and oxygen atoms in total. The number of halogens is 1. The van der Waals surface area contributed by atoms with Crippen LogP contribution in [0.2, 0.25) is 0 Å². The van der Waals surface area contributed by atoms with Crippen molar-refractivity contribution in [2.75, 3.05) is 13.2 Å². The van der Waals surface area contributed by atoms with E-state index in [4.69, 9.17) is 9.47 Å². The van der Waals surface area contributed by atoms with Gasteiger partial charge in [-0.2, -0.15) is 0 Å². The molecule has 0 aliphatic carbocycles. The molecule has 92 valence electrons. The lowest BCUT2D eigenvalue weighted by Crippen LogP contribution is -1.97. The highest BCUT2D eigenvalue weighted by atomic mass is 79.9. The molecule has 0 atom stereocenters. The van der Waals surface area contributed by atoms with Gasteiger partial charge in [0.05, 0.1) is 18.9 Å². The SMILES string of the molecule is Brc1cccc(-c2ccc3c(c2)OCCCO3)n1. The predicted octanol–water partition coefficient (Wildman–Crippen LogP) is 3.67. The molecule has 2 aromatic rings. The van der Waals surface area contributed by atoms with Gasteiger partial charge in [0, 0.05) is 12.0 Å². The Kier molecular flexibility index (Phi) is 3.19. The number of ether oxygens (including phenoxy) is 2. The Labute approximate surface area is 114 Å². The summed E-state index contributed by atoms with van der Waals surface area (Å²) < 4.78 is 12.1. The van der Waals surface area contributed by atoms with Gasteiger partial charge in [0.15, 0.2) is 11.5 Å². The Balaban J connectivity index is 2.01. The predicted molar refractivity (Wildman–Crippen MR) is 73.0 cm³/mol. The van der Waals surface area contributed by atoms with E-state index in [0.717, 1.165) is 33.8 Å². The van der Waals surface area contributed by atoms with Crippen LogP contribution in [0.5, 0.6) is 11.5 Å². The van der Waals surface area contributed by atoms with Gasteiger partial charge in [0.1, 0.15) is 4.60 Å². The molecule has 0 amide bonds. The number of aromatic nitrogens is 1. The molecule has 0 saturated carbocycles. The Bertz CT molecular complexity index is 571. The van der Waals surface area contributed by atoms with Gasteiger partial charge < -0.3 is 9.47 Å². The molecule has 0 spiro atoms. The molecule has 1 aromatic heterocycles. The summed E-state index contributed by atoms with van der Waals surface area (Å²) in [6, 6.07) is 11.8. The van der Waals surface area contributed by atoms with Gasteiger partial charge in [-0.3, -0.25) is 0 Å². The lowest BCUT2D eigenvalue weighted by Gasteiger charge is -2.09. The number of nitrogens with zero attached hydrogens (tertiary/aromatic N) is 1. The van der Waals surface area contributed by atoms with Crippen LogP contribution in [0.25, 0.3) is 11.3 Å². The highest BCUT2D eigenvalue weighted by molar-refractivity contribution is 9.10. The summed E-state index contributed by atoms with van der Waals surface area (Å²) in [6.45, 7) is 1.41. The van der Waals surface area contributed by atoms with Crippen LogP contribution in [-0.2, 0) is 0 Å². The Morgan fingerprint density at radius 2 is 1.83 bits per heavy atom. The third kappa shape index (κ3) is 2.34. The Morgan fingerprint density at radius 1 is 1.00 bits per heavy atom. The number of benzene rings is 1. The van der Waals surface area contributed by atoms with Gasteiger partial charge >= 0.3 is 0 Å². The van der Waals surface area contributed by atoms with Gasteiger partial charge in [-0.15, -0.1) is 0 Å². The minimum Gasteiger partial charge on any atom is -0.490 e. The summed E-state index contributed by atoms with van der Waals surface area (Å²) in [5.74, 6) is 1.61. The van der Waals surface area contributed by atoms with E-state index in [1.807, 2.05) is 36.4 Å². The molecule has 1 aromatic carbocycles. The second kappa shape index (κ2) is 4.98. The van der Waals surface area contributed by atoms with E-state index >= 15 is 0 Å². The van der Waals surface area contributed by atoms with Crippen molar-refractivity contribution in [2.45, 2.75) is 6.42 Å². The zero-order valence-corrected chi connectivity index (χ0v) is 11.3. The van der Waals surface area contributed by atoms with Crippen molar-refractivity contribution < 1.29 is 9.47 Å². The van der Waals surface area contributed by atoms with Crippen LogP contribution in [0.15, 0.2) is 41.0 Å². The van der Waals surface area contributed by atoms with Gasteiger partial charge in [-0.25, -0.2) is 4.98 Å². The molecule has 3 rings (SSSR count). The highest BCUT2D eigenvalue weighted by Crippen LogP contribution is 2.33. The first-order valence-electron chi connectivity index (χ1n) is 5.85. The van der Waals surface area contributed by atoms with E-state index in [9.17, 15) is 0 Å². The van der Waals surface area contributed by atoms with Crippen molar-refractivity contribution in [1.29, 1.82) is 0 Å². The molecule has 2 heterocycles. The number of hydrogen-bond donors (Lipinski definition) is 0. The van der Waals surface area contributed by atoms with Crippen molar-refractivity contribution in [3.05, 3.63) is 41.0 Å². The fourth-order valence-corrected chi connectivity index (χ4v) is 2.24. The first-order chi connectivity index (χ1) is 8.83. The largest absolute Gasteiger partial charge is 0.490 e. The highest BCUT2D eigenvalue weighted by Gasteiger charge is 2.11. The van der Waals surface area contributed by atoms with Crippen LogP contribution in [0.1, 0.15) is 6.42 Å². The number of fused-ring (bicyclic) bond motifs is 1. The zero-order valence-electron chi connectivity index (χ0n) is 9.73. The minimum atomic E-state index is 0.697. The van der Waals surface area contributed by atoms with E-state index in [2.05, 4.69) is 20.9 Å². The quantitative estimate of drug-likeness (QED) is 0.753. The van der Waals surface area contributed by atoms with Crippen LogP contribution < -0.4 is 9.47 Å². The summed E-state index contributed by atoms with van der Waals surface area (Å²) in [6.07, 6.45) is 0.916. The van der Waals surface area contributed by atoms with Crippen molar-refractivity contribution >= 4 is 15.9 Å². The average Bonchev–Trinajstić information content (AvgIpc) is 2.63. The standard InChI is InChI=1S/C14H12BrNO2/c15-14-4-1-3-11(16-14)10-5-6-12-13(9-10)18-8-2-7-17-12/h1,3-6,9H,2,7-8H2. The Hall–Kier alpha value is -1.55. The van der Waals surface area contributed by atoms with Crippen LogP contribution in [-0.4, -0.2) is 18.2 Å². The summed E-state index contributed by atoms with van der Waals surface area (Å²) in [5, 5.41) is 0. The first kappa shape index (κ1) is 11.5.